The maximum Gasteiger partial charge on any atom is 0.0249 e. The number of likely N-dealkylation sites (N-methyl/N-ethyl adjacent to an activating group) is 1. The van der Waals surface area contributed by atoms with Crippen molar-refractivity contribution < 1.29 is 0 Å². The van der Waals surface area contributed by atoms with Crippen LogP contribution < -0.4 is 5.32 Å². The van der Waals surface area contributed by atoms with Gasteiger partial charge in [0.25, 0.3) is 0 Å². The smallest absolute Gasteiger partial charge is 0.0249 e. The first-order chi connectivity index (χ1) is 6.54. The Hall–Kier alpha value is -0.340. The van der Waals surface area contributed by atoms with Crippen LogP contribution in [0.15, 0.2) is 12.7 Å². The second-order valence-electron chi connectivity index (χ2n) is 4.45. The molecule has 0 aromatic carbocycles. The van der Waals surface area contributed by atoms with Crippen molar-refractivity contribution in [2.75, 3.05) is 20.1 Å². The quantitative estimate of drug-likeness (QED) is 0.630. The third kappa shape index (κ3) is 4.25. The number of nitrogens with zero attached hydrogens (tertiary/aromatic N) is 1. The molecule has 0 aromatic heterocycles. The molecular formula is C12H26N2. The van der Waals surface area contributed by atoms with Gasteiger partial charge in [-0.05, 0) is 26.8 Å². The van der Waals surface area contributed by atoms with Crippen molar-refractivity contribution in [2.24, 2.45) is 5.92 Å². The first kappa shape index (κ1) is 13.7. The van der Waals surface area contributed by atoms with Gasteiger partial charge in [-0.25, -0.2) is 0 Å². The van der Waals surface area contributed by atoms with Gasteiger partial charge >= 0.3 is 0 Å². The maximum absolute atomic E-state index is 3.82. The fraction of sp³-hybridized carbons (Fsp3) is 0.833. The SMILES string of the molecule is C=CCN(C(C)C)C(CNC)C(C)C. The zero-order valence-electron chi connectivity index (χ0n) is 10.4. The van der Waals surface area contributed by atoms with Crippen LogP contribution in [0, 0.1) is 5.92 Å². The number of hydrogen-bond acceptors (Lipinski definition) is 2. The van der Waals surface area contributed by atoms with Crippen LogP contribution in [-0.4, -0.2) is 37.1 Å². The van der Waals surface area contributed by atoms with E-state index >= 15 is 0 Å². The predicted molar refractivity (Wildman–Crippen MR) is 64.6 cm³/mol. The summed E-state index contributed by atoms with van der Waals surface area (Å²) in [6.07, 6.45) is 1.99. The average molecular weight is 198 g/mol. The predicted octanol–water partition coefficient (Wildman–Crippen LogP) is 2.13. The van der Waals surface area contributed by atoms with Gasteiger partial charge < -0.3 is 5.32 Å². The summed E-state index contributed by atoms with van der Waals surface area (Å²) in [6.45, 7) is 14.9. The molecule has 84 valence electrons. The van der Waals surface area contributed by atoms with Crippen molar-refractivity contribution in [1.82, 2.24) is 10.2 Å². The molecule has 14 heavy (non-hydrogen) atoms. The molecule has 2 heteroatoms. The number of hydrogen-bond donors (Lipinski definition) is 1. The van der Waals surface area contributed by atoms with E-state index < -0.39 is 0 Å². The van der Waals surface area contributed by atoms with Gasteiger partial charge in [-0.3, -0.25) is 4.90 Å². The summed E-state index contributed by atoms with van der Waals surface area (Å²) < 4.78 is 0. The molecule has 2 nitrogen and oxygen atoms in total. The lowest BCUT2D eigenvalue weighted by molar-refractivity contribution is 0.133. The molecule has 0 amide bonds. The molecule has 1 unspecified atom stereocenters. The van der Waals surface area contributed by atoms with Gasteiger partial charge in [-0.15, -0.1) is 6.58 Å². The molecule has 0 aromatic rings. The minimum atomic E-state index is 0.578. The summed E-state index contributed by atoms with van der Waals surface area (Å²) in [5.74, 6) is 0.671. The Kier molecular flexibility index (Phi) is 6.85. The van der Waals surface area contributed by atoms with Crippen molar-refractivity contribution in [1.29, 1.82) is 0 Å². The van der Waals surface area contributed by atoms with Crippen LogP contribution in [0.2, 0.25) is 0 Å². The highest BCUT2D eigenvalue weighted by atomic mass is 15.2. The van der Waals surface area contributed by atoms with Gasteiger partial charge in [0.1, 0.15) is 0 Å². The highest BCUT2D eigenvalue weighted by molar-refractivity contribution is 4.84. The summed E-state index contributed by atoms with van der Waals surface area (Å²) in [7, 11) is 2.02. The van der Waals surface area contributed by atoms with E-state index in [4.69, 9.17) is 0 Å². The van der Waals surface area contributed by atoms with E-state index in [1.807, 2.05) is 13.1 Å². The Labute approximate surface area is 89.4 Å². The van der Waals surface area contributed by atoms with E-state index in [2.05, 4.69) is 44.5 Å². The van der Waals surface area contributed by atoms with E-state index in [0.29, 0.717) is 18.0 Å². The number of rotatable bonds is 7. The van der Waals surface area contributed by atoms with Gasteiger partial charge in [-0.1, -0.05) is 19.9 Å². The Bertz CT molecular complexity index is 152. The molecular weight excluding hydrogens is 172 g/mol. The molecule has 0 bridgehead atoms. The second-order valence-corrected chi connectivity index (χ2v) is 4.45. The first-order valence-corrected chi connectivity index (χ1v) is 5.55. The van der Waals surface area contributed by atoms with Gasteiger partial charge in [0.15, 0.2) is 0 Å². The zero-order valence-corrected chi connectivity index (χ0v) is 10.4. The van der Waals surface area contributed by atoms with Gasteiger partial charge in [0.2, 0.25) is 0 Å². The van der Waals surface area contributed by atoms with Crippen LogP contribution in [-0.2, 0) is 0 Å². The van der Waals surface area contributed by atoms with Crippen LogP contribution in [0.1, 0.15) is 27.7 Å². The minimum absolute atomic E-state index is 0.578. The molecule has 1 atom stereocenters. The van der Waals surface area contributed by atoms with Gasteiger partial charge in [0, 0.05) is 25.2 Å². The maximum atomic E-state index is 3.82. The van der Waals surface area contributed by atoms with E-state index in [0.717, 1.165) is 13.1 Å². The van der Waals surface area contributed by atoms with E-state index in [-0.39, 0.29) is 0 Å². The molecule has 0 rings (SSSR count). The molecule has 0 saturated carbocycles. The molecule has 0 aliphatic carbocycles. The molecule has 0 radical (unpaired) electrons. The molecule has 0 aliphatic rings. The monoisotopic (exact) mass is 198 g/mol. The summed E-state index contributed by atoms with van der Waals surface area (Å²) in [5, 5.41) is 3.27. The molecule has 0 heterocycles. The summed E-state index contributed by atoms with van der Waals surface area (Å²) in [4.78, 5) is 2.49. The lowest BCUT2D eigenvalue weighted by Gasteiger charge is -2.36. The van der Waals surface area contributed by atoms with Crippen LogP contribution in [0.3, 0.4) is 0 Å². The van der Waals surface area contributed by atoms with Crippen LogP contribution in [0.5, 0.6) is 0 Å². The zero-order chi connectivity index (χ0) is 11.1. The fourth-order valence-electron chi connectivity index (χ4n) is 1.82. The third-order valence-corrected chi connectivity index (χ3v) is 2.61. The minimum Gasteiger partial charge on any atom is -0.318 e. The van der Waals surface area contributed by atoms with Crippen molar-refractivity contribution in [2.45, 2.75) is 39.8 Å². The standard InChI is InChI=1S/C12H26N2/c1-7-8-14(11(4)5)12(9-13-6)10(2)3/h7,10-13H,1,8-9H2,2-6H3. The molecule has 0 aliphatic heterocycles. The van der Waals surface area contributed by atoms with Crippen LogP contribution in [0.25, 0.3) is 0 Å². The molecule has 1 N–H and O–H groups in total. The Morgan fingerprint density at radius 2 is 1.86 bits per heavy atom. The molecule has 0 saturated heterocycles. The normalized spacial score (nSPS) is 14.0. The van der Waals surface area contributed by atoms with Crippen molar-refractivity contribution in [3.05, 3.63) is 12.7 Å². The van der Waals surface area contributed by atoms with Crippen LogP contribution >= 0.6 is 0 Å². The lowest BCUT2D eigenvalue weighted by atomic mass is 10.0. The third-order valence-electron chi connectivity index (χ3n) is 2.61. The summed E-state index contributed by atoms with van der Waals surface area (Å²) in [5.41, 5.74) is 0. The topological polar surface area (TPSA) is 15.3 Å². The Balaban J connectivity index is 4.45. The van der Waals surface area contributed by atoms with Crippen molar-refractivity contribution >= 4 is 0 Å². The van der Waals surface area contributed by atoms with Crippen molar-refractivity contribution in [3.8, 4) is 0 Å². The summed E-state index contributed by atoms with van der Waals surface area (Å²) in [6, 6.07) is 1.17. The van der Waals surface area contributed by atoms with E-state index in [9.17, 15) is 0 Å². The van der Waals surface area contributed by atoms with Gasteiger partial charge in [-0.2, -0.15) is 0 Å². The van der Waals surface area contributed by atoms with E-state index in [1.165, 1.54) is 0 Å². The van der Waals surface area contributed by atoms with Gasteiger partial charge in [0.05, 0.1) is 0 Å². The molecule has 0 spiro atoms. The average Bonchev–Trinajstić information content (AvgIpc) is 2.10. The van der Waals surface area contributed by atoms with E-state index in [1.54, 1.807) is 0 Å². The fourth-order valence-corrected chi connectivity index (χ4v) is 1.82. The first-order valence-electron chi connectivity index (χ1n) is 5.55. The van der Waals surface area contributed by atoms with Crippen molar-refractivity contribution in [3.63, 3.8) is 0 Å². The highest BCUT2D eigenvalue weighted by Crippen LogP contribution is 2.13. The second kappa shape index (κ2) is 7.02. The largest absolute Gasteiger partial charge is 0.318 e. The van der Waals surface area contributed by atoms with Crippen LogP contribution in [0.4, 0.5) is 0 Å². The Morgan fingerprint density at radius 3 is 2.14 bits per heavy atom. The lowest BCUT2D eigenvalue weighted by Crippen LogP contribution is -2.48. The Morgan fingerprint density at radius 1 is 1.29 bits per heavy atom. The highest BCUT2D eigenvalue weighted by Gasteiger charge is 2.22. The molecule has 0 fully saturated rings. The summed E-state index contributed by atoms with van der Waals surface area (Å²) >= 11 is 0. The number of nitrogens with one attached hydrogen (secondary N) is 1.